The number of hydrogen-bond donors (Lipinski definition) is 0. The molecule has 0 aliphatic rings. The van der Waals surface area contributed by atoms with Crippen molar-refractivity contribution in [1.29, 1.82) is 0 Å². The van der Waals surface area contributed by atoms with E-state index in [2.05, 4.69) is 0 Å². The molecule has 1 heterocycles. The van der Waals surface area contributed by atoms with Gasteiger partial charge < -0.3 is 4.74 Å². The molecule has 0 radical (unpaired) electrons. The van der Waals surface area contributed by atoms with E-state index in [9.17, 15) is 0 Å². The first-order chi connectivity index (χ1) is 8.60. The van der Waals surface area contributed by atoms with E-state index in [0.29, 0.717) is 15.1 Å². The summed E-state index contributed by atoms with van der Waals surface area (Å²) in [4.78, 5) is 0. The standard InChI is InChI=1S/C13H11Cl3OS/c1-17-9-4-2-3-8(5-9)6-11(14)10-7-12(15)18-13(10)16/h2-5,7,11H,6H2,1H3. The second kappa shape index (κ2) is 6.16. The number of benzene rings is 1. The van der Waals surface area contributed by atoms with E-state index in [4.69, 9.17) is 39.5 Å². The van der Waals surface area contributed by atoms with E-state index in [1.165, 1.54) is 11.3 Å². The molecular weight excluding hydrogens is 311 g/mol. The van der Waals surface area contributed by atoms with E-state index in [1.54, 1.807) is 7.11 Å². The van der Waals surface area contributed by atoms with Gasteiger partial charge in [0.25, 0.3) is 0 Å². The minimum absolute atomic E-state index is 0.187. The average molecular weight is 322 g/mol. The van der Waals surface area contributed by atoms with Gasteiger partial charge in [-0.3, -0.25) is 0 Å². The molecule has 0 aliphatic heterocycles. The third kappa shape index (κ3) is 3.33. The van der Waals surface area contributed by atoms with Gasteiger partial charge in [0.1, 0.15) is 5.75 Å². The Bertz CT molecular complexity index is 539. The third-order valence-electron chi connectivity index (χ3n) is 2.57. The van der Waals surface area contributed by atoms with Crippen molar-refractivity contribution >= 4 is 46.1 Å². The molecule has 18 heavy (non-hydrogen) atoms. The monoisotopic (exact) mass is 320 g/mol. The first-order valence-electron chi connectivity index (χ1n) is 5.32. The van der Waals surface area contributed by atoms with Gasteiger partial charge in [0, 0.05) is 5.56 Å². The van der Waals surface area contributed by atoms with Crippen LogP contribution in [0.25, 0.3) is 0 Å². The first kappa shape index (κ1) is 14.0. The number of ether oxygens (including phenoxy) is 1. The van der Waals surface area contributed by atoms with E-state index < -0.39 is 0 Å². The Morgan fingerprint density at radius 2 is 2.06 bits per heavy atom. The Morgan fingerprint density at radius 3 is 2.67 bits per heavy atom. The fraction of sp³-hybridized carbons (Fsp3) is 0.231. The molecule has 2 rings (SSSR count). The normalized spacial score (nSPS) is 12.4. The smallest absolute Gasteiger partial charge is 0.119 e. The van der Waals surface area contributed by atoms with Crippen molar-refractivity contribution in [1.82, 2.24) is 0 Å². The highest BCUT2D eigenvalue weighted by molar-refractivity contribution is 7.20. The molecule has 1 aromatic carbocycles. The molecule has 0 saturated heterocycles. The van der Waals surface area contributed by atoms with Crippen molar-refractivity contribution in [2.24, 2.45) is 0 Å². The van der Waals surface area contributed by atoms with Crippen LogP contribution in [0.2, 0.25) is 8.67 Å². The highest BCUT2D eigenvalue weighted by atomic mass is 35.5. The van der Waals surface area contributed by atoms with Crippen molar-refractivity contribution in [2.75, 3.05) is 7.11 Å². The number of halogens is 3. The van der Waals surface area contributed by atoms with Crippen LogP contribution in [0, 0.1) is 0 Å². The molecule has 1 nitrogen and oxygen atoms in total. The average Bonchev–Trinajstić information content (AvgIpc) is 2.69. The Morgan fingerprint density at radius 1 is 1.28 bits per heavy atom. The van der Waals surface area contributed by atoms with E-state index in [-0.39, 0.29) is 5.38 Å². The molecule has 0 saturated carbocycles. The fourth-order valence-corrected chi connectivity index (χ4v) is 3.73. The van der Waals surface area contributed by atoms with Gasteiger partial charge in [-0.25, -0.2) is 0 Å². The summed E-state index contributed by atoms with van der Waals surface area (Å²) in [5.41, 5.74) is 1.99. The van der Waals surface area contributed by atoms with Crippen LogP contribution in [-0.2, 0) is 6.42 Å². The predicted molar refractivity (Wildman–Crippen MR) is 79.6 cm³/mol. The van der Waals surface area contributed by atoms with Crippen LogP contribution in [0.5, 0.6) is 5.75 Å². The molecule has 1 atom stereocenters. The van der Waals surface area contributed by atoms with Crippen molar-refractivity contribution in [2.45, 2.75) is 11.8 Å². The zero-order chi connectivity index (χ0) is 13.1. The molecule has 0 amide bonds. The molecule has 0 aliphatic carbocycles. The molecule has 96 valence electrons. The second-order valence-electron chi connectivity index (χ2n) is 3.80. The Hall–Kier alpha value is -0.410. The van der Waals surface area contributed by atoms with Gasteiger partial charge >= 0.3 is 0 Å². The summed E-state index contributed by atoms with van der Waals surface area (Å²) in [5, 5.41) is -0.187. The zero-order valence-corrected chi connectivity index (χ0v) is 12.7. The molecular formula is C13H11Cl3OS. The second-order valence-corrected chi connectivity index (χ2v) is 6.62. The number of hydrogen-bond acceptors (Lipinski definition) is 2. The predicted octanol–water partition coefficient (Wildman–Crippen LogP) is 5.59. The highest BCUT2D eigenvalue weighted by Crippen LogP contribution is 2.39. The van der Waals surface area contributed by atoms with Gasteiger partial charge in [0.2, 0.25) is 0 Å². The maximum Gasteiger partial charge on any atom is 0.119 e. The number of thiophene rings is 1. The lowest BCUT2D eigenvalue weighted by Crippen LogP contribution is -1.95. The van der Waals surface area contributed by atoms with Crippen LogP contribution in [0.4, 0.5) is 0 Å². The van der Waals surface area contributed by atoms with Gasteiger partial charge in [-0.05, 0) is 30.2 Å². The maximum atomic E-state index is 6.38. The van der Waals surface area contributed by atoms with Gasteiger partial charge in [-0.2, -0.15) is 0 Å². The molecule has 0 fully saturated rings. The lowest BCUT2D eigenvalue weighted by atomic mass is 10.1. The van der Waals surface area contributed by atoms with Crippen molar-refractivity contribution in [3.8, 4) is 5.75 Å². The molecule has 0 N–H and O–H groups in total. The first-order valence-corrected chi connectivity index (χ1v) is 7.32. The van der Waals surface area contributed by atoms with Crippen molar-refractivity contribution < 1.29 is 4.74 Å². The SMILES string of the molecule is COc1cccc(CC(Cl)c2cc(Cl)sc2Cl)c1. The van der Waals surface area contributed by atoms with Crippen LogP contribution >= 0.6 is 46.1 Å². The minimum Gasteiger partial charge on any atom is -0.497 e. The largest absolute Gasteiger partial charge is 0.497 e. The summed E-state index contributed by atoms with van der Waals surface area (Å²) in [6.45, 7) is 0. The van der Waals surface area contributed by atoms with Crippen LogP contribution in [-0.4, -0.2) is 7.11 Å². The van der Waals surface area contributed by atoms with E-state index in [1.807, 2.05) is 30.3 Å². The van der Waals surface area contributed by atoms with Crippen LogP contribution in [0.1, 0.15) is 16.5 Å². The Kier molecular flexibility index (Phi) is 4.79. The molecule has 2 aromatic rings. The third-order valence-corrected chi connectivity index (χ3v) is 4.48. The molecule has 1 unspecified atom stereocenters. The summed E-state index contributed by atoms with van der Waals surface area (Å²) in [7, 11) is 1.65. The topological polar surface area (TPSA) is 9.23 Å². The number of rotatable bonds is 4. The molecule has 0 spiro atoms. The van der Waals surface area contributed by atoms with E-state index in [0.717, 1.165) is 16.9 Å². The number of methoxy groups -OCH3 is 1. The zero-order valence-electron chi connectivity index (χ0n) is 9.62. The quantitative estimate of drug-likeness (QED) is 0.667. The van der Waals surface area contributed by atoms with Crippen LogP contribution in [0.3, 0.4) is 0 Å². The fourth-order valence-electron chi connectivity index (χ4n) is 1.68. The van der Waals surface area contributed by atoms with Gasteiger partial charge in [-0.1, -0.05) is 35.3 Å². The molecule has 5 heteroatoms. The van der Waals surface area contributed by atoms with Gasteiger partial charge in [0.05, 0.1) is 21.2 Å². The lowest BCUT2D eigenvalue weighted by Gasteiger charge is -2.09. The maximum absolute atomic E-state index is 6.38. The lowest BCUT2D eigenvalue weighted by molar-refractivity contribution is 0.414. The van der Waals surface area contributed by atoms with E-state index >= 15 is 0 Å². The summed E-state index contributed by atoms with van der Waals surface area (Å²) in [6, 6.07) is 9.66. The van der Waals surface area contributed by atoms with Crippen LogP contribution < -0.4 is 4.74 Å². The Balaban J connectivity index is 2.15. The summed E-state index contributed by atoms with van der Waals surface area (Å²) in [5.74, 6) is 0.825. The minimum atomic E-state index is -0.187. The number of alkyl halides is 1. The summed E-state index contributed by atoms with van der Waals surface area (Å²) < 4.78 is 6.50. The Labute approximate surface area is 125 Å². The van der Waals surface area contributed by atoms with Crippen LogP contribution in [0.15, 0.2) is 30.3 Å². The van der Waals surface area contributed by atoms with Gasteiger partial charge in [-0.15, -0.1) is 22.9 Å². The molecule has 0 bridgehead atoms. The summed E-state index contributed by atoms with van der Waals surface area (Å²) >= 11 is 19.7. The summed E-state index contributed by atoms with van der Waals surface area (Å²) in [6.07, 6.45) is 0.686. The van der Waals surface area contributed by atoms with Gasteiger partial charge in [0.15, 0.2) is 0 Å². The molecule has 1 aromatic heterocycles. The van der Waals surface area contributed by atoms with Crippen molar-refractivity contribution in [3.63, 3.8) is 0 Å². The highest BCUT2D eigenvalue weighted by Gasteiger charge is 2.16. The van der Waals surface area contributed by atoms with Crippen molar-refractivity contribution in [3.05, 3.63) is 50.1 Å².